The first kappa shape index (κ1) is 15.4. The van der Waals surface area contributed by atoms with Gasteiger partial charge >= 0.3 is 0 Å². The van der Waals surface area contributed by atoms with Crippen LogP contribution in [0, 0.1) is 5.82 Å². The van der Waals surface area contributed by atoms with Gasteiger partial charge in [-0.3, -0.25) is 4.79 Å². The minimum Gasteiger partial charge on any atom is -0.507 e. The van der Waals surface area contributed by atoms with E-state index in [9.17, 15) is 14.3 Å². The van der Waals surface area contributed by atoms with Crippen molar-refractivity contribution in [2.75, 3.05) is 18.6 Å². The number of nitrogen functional groups attached to an aromatic ring is 2. The molecule has 0 heterocycles. The Balaban J connectivity index is 2.29. The van der Waals surface area contributed by atoms with Crippen LogP contribution in [0.25, 0.3) is 6.08 Å². The molecule has 0 radical (unpaired) electrons. The van der Waals surface area contributed by atoms with Crippen LogP contribution in [0.3, 0.4) is 0 Å². The van der Waals surface area contributed by atoms with Crippen molar-refractivity contribution >= 4 is 23.2 Å². The van der Waals surface area contributed by atoms with Gasteiger partial charge in [-0.2, -0.15) is 0 Å². The van der Waals surface area contributed by atoms with Crippen molar-refractivity contribution in [2.45, 2.75) is 0 Å². The van der Waals surface area contributed by atoms with E-state index in [1.54, 1.807) is 0 Å². The smallest absolute Gasteiger partial charge is 0.186 e. The summed E-state index contributed by atoms with van der Waals surface area (Å²) in [4.78, 5) is 12.1. The highest BCUT2D eigenvalue weighted by atomic mass is 19.1. The van der Waals surface area contributed by atoms with Crippen LogP contribution < -0.4 is 16.2 Å². The normalized spacial score (nSPS) is 10.8. The van der Waals surface area contributed by atoms with Gasteiger partial charge in [-0.1, -0.05) is 0 Å². The lowest BCUT2D eigenvalue weighted by molar-refractivity contribution is 0.104. The van der Waals surface area contributed by atoms with Gasteiger partial charge in [0.15, 0.2) is 5.78 Å². The van der Waals surface area contributed by atoms with Crippen LogP contribution in [0.4, 0.5) is 15.8 Å². The number of carbonyl (C=O) groups is 1. The molecule has 0 amide bonds. The summed E-state index contributed by atoms with van der Waals surface area (Å²) < 4.78 is 17.9. The molecular formula is C16H15FN2O3. The van der Waals surface area contributed by atoms with Gasteiger partial charge in [0.25, 0.3) is 0 Å². The Labute approximate surface area is 126 Å². The number of allylic oxidation sites excluding steroid dienone is 1. The average molecular weight is 302 g/mol. The van der Waals surface area contributed by atoms with Crippen molar-refractivity contribution in [2.24, 2.45) is 0 Å². The molecule has 0 aliphatic heterocycles. The largest absolute Gasteiger partial charge is 0.507 e. The molecule has 2 aromatic rings. The number of methoxy groups -OCH3 is 1. The molecule has 6 heteroatoms. The second-order valence-corrected chi connectivity index (χ2v) is 4.58. The van der Waals surface area contributed by atoms with E-state index in [4.69, 9.17) is 16.2 Å². The lowest BCUT2D eigenvalue weighted by Crippen LogP contribution is -2.03. The maximum atomic E-state index is 12.9. The van der Waals surface area contributed by atoms with E-state index >= 15 is 0 Å². The quantitative estimate of drug-likeness (QED) is 0.458. The van der Waals surface area contributed by atoms with E-state index < -0.39 is 5.82 Å². The molecule has 114 valence electrons. The van der Waals surface area contributed by atoms with Crippen LogP contribution in [0.2, 0.25) is 0 Å². The van der Waals surface area contributed by atoms with Gasteiger partial charge in [0, 0.05) is 17.2 Å². The van der Waals surface area contributed by atoms with Crippen LogP contribution in [0.5, 0.6) is 11.5 Å². The molecule has 0 aliphatic rings. The molecule has 0 spiro atoms. The molecule has 5 nitrogen and oxygen atoms in total. The molecule has 2 aromatic carbocycles. The van der Waals surface area contributed by atoms with Crippen molar-refractivity contribution < 1.29 is 19.0 Å². The number of phenols is 1. The molecule has 0 fully saturated rings. The highest BCUT2D eigenvalue weighted by Crippen LogP contribution is 2.29. The summed E-state index contributed by atoms with van der Waals surface area (Å²) in [6.07, 6.45) is 2.63. The number of hydrogen-bond donors (Lipinski definition) is 3. The first-order valence-electron chi connectivity index (χ1n) is 6.36. The van der Waals surface area contributed by atoms with Crippen molar-refractivity contribution in [1.82, 2.24) is 0 Å². The van der Waals surface area contributed by atoms with Crippen LogP contribution in [0.1, 0.15) is 15.9 Å². The van der Waals surface area contributed by atoms with E-state index in [0.717, 1.165) is 6.07 Å². The number of rotatable bonds is 4. The highest BCUT2D eigenvalue weighted by molar-refractivity contribution is 6.08. The van der Waals surface area contributed by atoms with E-state index in [-0.39, 0.29) is 22.9 Å². The number of ketones is 1. The Hall–Kier alpha value is -3.02. The molecule has 5 N–H and O–H groups in total. The Morgan fingerprint density at radius 2 is 2.00 bits per heavy atom. The zero-order chi connectivity index (χ0) is 16.3. The molecule has 2 rings (SSSR count). The number of aromatic hydroxyl groups is 1. The maximum Gasteiger partial charge on any atom is 0.186 e. The maximum absolute atomic E-state index is 12.9. The number of nitrogens with two attached hydrogens (primary N) is 2. The second-order valence-electron chi connectivity index (χ2n) is 4.58. The lowest BCUT2D eigenvalue weighted by Gasteiger charge is -2.08. The Morgan fingerprint density at radius 3 is 2.64 bits per heavy atom. The summed E-state index contributed by atoms with van der Waals surface area (Å²) in [5, 5.41) is 9.58. The fourth-order valence-electron chi connectivity index (χ4n) is 1.88. The highest BCUT2D eigenvalue weighted by Gasteiger charge is 2.10. The SMILES string of the molecule is COc1cc(C(=O)/C=C/c2ccc(F)cc2O)cc(N)c1N. The molecule has 0 saturated carbocycles. The predicted octanol–water partition coefficient (Wildman–Crippen LogP) is 2.60. The number of anilines is 2. The standard InChI is InChI=1S/C16H15FN2O3/c1-22-15-7-10(6-12(18)16(15)19)13(20)5-3-9-2-4-11(17)8-14(9)21/h2-8,21H,18-19H2,1H3/b5-3+. The zero-order valence-corrected chi connectivity index (χ0v) is 11.8. The molecule has 0 saturated heterocycles. The Morgan fingerprint density at radius 1 is 1.27 bits per heavy atom. The fourth-order valence-corrected chi connectivity index (χ4v) is 1.88. The fraction of sp³-hybridized carbons (Fsp3) is 0.0625. The Kier molecular flexibility index (Phi) is 4.31. The molecule has 0 atom stereocenters. The van der Waals surface area contributed by atoms with E-state index in [1.165, 1.54) is 43.5 Å². The number of phenolic OH excluding ortho intramolecular Hbond substituents is 1. The van der Waals surface area contributed by atoms with Gasteiger partial charge in [0.1, 0.15) is 17.3 Å². The van der Waals surface area contributed by atoms with Crippen LogP contribution in [0.15, 0.2) is 36.4 Å². The van der Waals surface area contributed by atoms with Gasteiger partial charge in [0.2, 0.25) is 0 Å². The minimum absolute atomic E-state index is 0.237. The zero-order valence-electron chi connectivity index (χ0n) is 11.8. The third kappa shape index (κ3) is 3.17. The van der Waals surface area contributed by atoms with Gasteiger partial charge in [0.05, 0.1) is 18.5 Å². The number of ether oxygens (including phenoxy) is 1. The molecule has 0 unspecified atom stereocenters. The van der Waals surface area contributed by atoms with Gasteiger partial charge in [-0.15, -0.1) is 0 Å². The summed E-state index contributed by atoms with van der Waals surface area (Å²) in [6, 6.07) is 6.44. The molecule has 0 aliphatic carbocycles. The van der Waals surface area contributed by atoms with Crippen molar-refractivity contribution in [3.05, 3.63) is 53.4 Å². The average Bonchev–Trinajstić information content (AvgIpc) is 2.48. The summed E-state index contributed by atoms with van der Waals surface area (Å²) >= 11 is 0. The third-order valence-corrected chi connectivity index (χ3v) is 3.09. The minimum atomic E-state index is -0.558. The summed E-state index contributed by atoms with van der Waals surface area (Å²) in [5.74, 6) is -0.856. The van der Waals surface area contributed by atoms with E-state index in [0.29, 0.717) is 16.9 Å². The van der Waals surface area contributed by atoms with E-state index in [2.05, 4.69) is 0 Å². The molecule has 22 heavy (non-hydrogen) atoms. The van der Waals surface area contributed by atoms with Gasteiger partial charge in [-0.05, 0) is 36.4 Å². The Bertz CT molecular complexity index is 757. The molecule has 0 aromatic heterocycles. The summed E-state index contributed by atoms with van der Waals surface area (Å²) in [7, 11) is 1.42. The van der Waals surface area contributed by atoms with Crippen molar-refractivity contribution in [3.8, 4) is 11.5 Å². The number of hydrogen-bond acceptors (Lipinski definition) is 5. The van der Waals surface area contributed by atoms with Crippen LogP contribution in [-0.4, -0.2) is 18.0 Å². The van der Waals surface area contributed by atoms with Crippen LogP contribution >= 0.6 is 0 Å². The number of halogens is 1. The summed E-state index contributed by atoms with van der Waals surface area (Å²) in [5.41, 5.74) is 12.6. The monoisotopic (exact) mass is 302 g/mol. The molecular weight excluding hydrogens is 287 g/mol. The predicted molar refractivity (Wildman–Crippen MR) is 83.2 cm³/mol. The van der Waals surface area contributed by atoms with Gasteiger partial charge < -0.3 is 21.3 Å². The number of benzene rings is 2. The lowest BCUT2D eigenvalue weighted by atomic mass is 10.1. The first-order chi connectivity index (χ1) is 10.4. The van der Waals surface area contributed by atoms with Crippen LogP contribution in [-0.2, 0) is 0 Å². The second kappa shape index (κ2) is 6.17. The first-order valence-corrected chi connectivity index (χ1v) is 6.36. The third-order valence-electron chi connectivity index (χ3n) is 3.09. The molecule has 0 bridgehead atoms. The topological polar surface area (TPSA) is 98.6 Å². The van der Waals surface area contributed by atoms with Gasteiger partial charge in [-0.25, -0.2) is 4.39 Å². The van der Waals surface area contributed by atoms with Crippen molar-refractivity contribution in [1.29, 1.82) is 0 Å². The van der Waals surface area contributed by atoms with E-state index in [1.807, 2.05) is 0 Å². The number of carbonyl (C=O) groups excluding carboxylic acids is 1. The van der Waals surface area contributed by atoms with Crippen molar-refractivity contribution in [3.63, 3.8) is 0 Å². The summed E-state index contributed by atoms with van der Waals surface area (Å²) in [6.45, 7) is 0.